The van der Waals surface area contributed by atoms with Gasteiger partial charge in [0.15, 0.2) is 0 Å². The molecular formula is C19H27NO. The van der Waals surface area contributed by atoms with E-state index in [1.54, 1.807) is 12.3 Å². The second-order valence-corrected chi connectivity index (χ2v) is 8.26. The van der Waals surface area contributed by atoms with Gasteiger partial charge in [-0.3, -0.25) is 4.98 Å². The van der Waals surface area contributed by atoms with Crippen LogP contribution in [0.15, 0.2) is 30.5 Å². The molecule has 0 amide bonds. The van der Waals surface area contributed by atoms with Gasteiger partial charge in [0.05, 0.1) is 0 Å². The van der Waals surface area contributed by atoms with Crippen LogP contribution < -0.4 is 0 Å². The molecular weight excluding hydrogens is 258 g/mol. The number of hydrogen-bond acceptors (Lipinski definition) is 2. The summed E-state index contributed by atoms with van der Waals surface area (Å²) in [5, 5.41) is 11.1. The molecule has 0 saturated heterocycles. The largest absolute Gasteiger partial charge is 0.506 e. The average molecular weight is 285 g/mol. The number of hydrogen-bond donors (Lipinski definition) is 1. The summed E-state index contributed by atoms with van der Waals surface area (Å²) in [4.78, 5) is 4.35. The SMILES string of the molecule is CC(C)(C)CC(c1ccc(O)c2ncccc12)C(C)(C)C. The number of nitrogens with zero attached hydrogens (tertiary/aromatic N) is 1. The van der Waals surface area contributed by atoms with E-state index in [4.69, 9.17) is 0 Å². The van der Waals surface area contributed by atoms with Crippen LogP contribution in [0.4, 0.5) is 0 Å². The number of phenols is 1. The van der Waals surface area contributed by atoms with Crippen LogP contribution >= 0.6 is 0 Å². The fourth-order valence-electron chi connectivity index (χ4n) is 2.98. The summed E-state index contributed by atoms with van der Waals surface area (Å²) in [6.45, 7) is 13.7. The standard InChI is InChI=1S/C19H27NO/c1-18(2,3)12-15(19(4,5)6)13-9-10-16(21)17-14(13)8-7-11-20-17/h7-11,15,21H,12H2,1-6H3. The Bertz CT molecular complexity index is 632. The molecule has 2 nitrogen and oxygen atoms in total. The highest BCUT2D eigenvalue weighted by atomic mass is 16.3. The van der Waals surface area contributed by atoms with Gasteiger partial charge in [-0.05, 0) is 40.9 Å². The molecule has 1 aromatic carbocycles. The summed E-state index contributed by atoms with van der Waals surface area (Å²) in [7, 11) is 0. The molecule has 2 rings (SSSR count). The van der Waals surface area contributed by atoms with E-state index in [0.29, 0.717) is 11.4 Å². The van der Waals surface area contributed by atoms with Crippen LogP contribution in [-0.2, 0) is 0 Å². The van der Waals surface area contributed by atoms with E-state index in [9.17, 15) is 5.11 Å². The molecule has 0 fully saturated rings. The molecule has 1 aromatic heterocycles. The zero-order valence-electron chi connectivity index (χ0n) is 14.1. The molecule has 1 atom stereocenters. The molecule has 0 saturated carbocycles. The van der Waals surface area contributed by atoms with Crippen molar-refractivity contribution in [2.24, 2.45) is 10.8 Å². The van der Waals surface area contributed by atoms with Gasteiger partial charge in [0.2, 0.25) is 0 Å². The molecule has 1 N–H and O–H groups in total. The monoisotopic (exact) mass is 285 g/mol. The summed E-state index contributed by atoms with van der Waals surface area (Å²) in [5.74, 6) is 0.683. The molecule has 0 aliphatic carbocycles. The third kappa shape index (κ3) is 3.55. The number of rotatable bonds is 2. The van der Waals surface area contributed by atoms with Crippen molar-refractivity contribution in [1.82, 2.24) is 4.98 Å². The number of aromatic nitrogens is 1. The predicted octanol–water partition coefficient (Wildman–Crippen LogP) is 5.51. The Labute approximate surface area is 128 Å². The van der Waals surface area contributed by atoms with Crippen molar-refractivity contribution in [3.63, 3.8) is 0 Å². The number of phenolic OH excluding ortho intramolecular Hbond substituents is 1. The first-order chi connectivity index (χ1) is 9.59. The van der Waals surface area contributed by atoms with Crippen molar-refractivity contribution in [2.45, 2.75) is 53.9 Å². The van der Waals surface area contributed by atoms with E-state index >= 15 is 0 Å². The minimum absolute atomic E-state index is 0.160. The average Bonchev–Trinajstić information content (AvgIpc) is 2.35. The topological polar surface area (TPSA) is 33.1 Å². The predicted molar refractivity (Wildman–Crippen MR) is 89.7 cm³/mol. The molecule has 0 radical (unpaired) electrons. The van der Waals surface area contributed by atoms with Gasteiger partial charge in [-0.1, -0.05) is 53.7 Å². The maximum absolute atomic E-state index is 10.1. The number of aromatic hydroxyl groups is 1. The molecule has 1 unspecified atom stereocenters. The third-order valence-corrected chi connectivity index (χ3v) is 4.02. The van der Waals surface area contributed by atoms with E-state index in [-0.39, 0.29) is 16.6 Å². The van der Waals surface area contributed by atoms with Crippen LogP contribution in [0.25, 0.3) is 10.9 Å². The van der Waals surface area contributed by atoms with Crippen LogP contribution in [-0.4, -0.2) is 10.1 Å². The van der Waals surface area contributed by atoms with Crippen LogP contribution in [0, 0.1) is 10.8 Å². The second kappa shape index (κ2) is 5.32. The third-order valence-electron chi connectivity index (χ3n) is 4.02. The van der Waals surface area contributed by atoms with Gasteiger partial charge in [0.25, 0.3) is 0 Å². The van der Waals surface area contributed by atoms with E-state index in [2.05, 4.69) is 58.7 Å². The fourth-order valence-corrected chi connectivity index (χ4v) is 2.98. The van der Waals surface area contributed by atoms with Crippen LogP contribution in [0.5, 0.6) is 5.75 Å². The summed E-state index contributed by atoms with van der Waals surface area (Å²) in [5.41, 5.74) is 2.41. The highest BCUT2D eigenvalue weighted by Gasteiger charge is 2.31. The summed E-state index contributed by atoms with van der Waals surface area (Å²) in [6, 6.07) is 7.87. The zero-order chi connectivity index (χ0) is 15.8. The van der Waals surface area contributed by atoms with Gasteiger partial charge in [0, 0.05) is 11.6 Å². The van der Waals surface area contributed by atoms with Gasteiger partial charge in [0.1, 0.15) is 11.3 Å². The van der Waals surface area contributed by atoms with Crippen molar-refractivity contribution in [2.75, 3.05) is 0 Å². The van der Waals surface area contributed by atoms with Crippen LogP contribution in [0.3, 0.4) is 0 Å². The Balaban J connectivity index is 2.63. The Morgan fingerprint density at radius 3 is 2.29 bits per heavy atom. The second-order valence-electron chi connectivity index (χ2n) is 8.26. The molecule has 114 valence electrons. The van der Waals surface area contributed by atoms with Gasteiger partial charge in [-0.2, -0.15) is 0 Å². The smallest absolute Gasteiger partial charge is 0.141 e. The first kappa shape index (κ1) is 15.8. The lowest BCUT2D eigenvalue weighted by Gasteiger charge is -2.36. The normalized spacial score (nSPS) is 14.4. The maximum atomic E-state index is 10.1. The minimum Gasteiger partial charge on any atom is -0.506 e. The summed E-state index contributed by atoms with van der Waals surface area (Å²) in [6.07, 6.45) is 2.84. The molecule has 2 aromatic rings. The van der Waals surface area contributed by atoms with Crippen molar-refractivity contribution >= 4 is 10.9 Å². The Kier molecular flexibility index (Phi) is 4.01. The minimum atomic E-state index is 0.160. The number of benzene rings is 1. The van der Waals surface area contributed by atoms with E-state index in [1.807, 2.05) is 6.07 Å². The number of pyridine rings is 1. The molecule has 21 heavy (non-hydrogen) atoms. The van der Waals surface area contributed by atoms with Gasteiger partial charge in [-0.15, -0.1) is 0 Å². The lowest BCUT2D eigenvalue weighted by atomic mass is 9.68. The Morgan fingerprint density at radius 2 is 1.71 bits per heavy atom. The highest BCUT2D eigenvalue weighted by molar-refractivity contribution is 5.87. The maximum Gasteiger partial charge on any atom is 0.141 e. The van der Waals surface area contributed by atoms with Gasteiger partial charge < -0.3 is 5.11 Å². The van der Waals surface area contributed by atoms with Gasteiger partial charge in [-0.25, -0.2) is 0 Å². The quantitative estimate of drug-likeness (QED) is 0.789. The van der Waals surface area contributed by atoms with Crippen LogP contribution in [0.2, 0.25) is 0 Å². The first-order valence-corrected chi connectivity index (χ1v) is 7.66. The Hall–Kier alpha value is -1.57. The van der Waals surface area contributed by atoms with E-state index in [1.165, 1.54) is 5.56 Å². The van der Waals surface area contributed by atoms with Gasteiger partial charge >= 0.3 is 0 Å². The number of fused-ring (bicyclic) bond motifs is 1. The lowest BCUT2D eigenvalue weighted by Crippen LogP contribution is -2.24. The van der Waals surface area contributed by atoms with Crippen molar-refractivity contribution < 1.29 is 5.11 Å². The summed E-state index contributed by atoms with van der Waals surface area (Å²) >= 11 is 0. The lowest BCUT2D eigenvalue weighted by molar-refractivity contribution is 0.230. The van der Waals surface area contributed by atoms with E-state index < -0.39 is 0 Å². The summed E-state index contributed by atoms with van der Waals surface area (Å²) < 4.78 is 0. The fraction of sp³-hybridized carbons (Fsp3) is 0.526. The molecule has 0 aliphatic heterocycles. The zero-order valence-corrected chi connectivity index (χ0v) is 14.1. The van der Waals surface area contributed by atoms with Crippen molar-refractivity contribution in [3.05, 3.63) is 36.0 Å². The molecule has 0 spiro atoms. The highest BCUT2D eigenvalue weighted by Crippen LogP contribution is 2.45. The molecule has 2 heteroatoms. The Morgan fingerprint density at radius 1 is 1.05 bits per heavy atom. The first-order valence-electron chi connectivity index (χ1n) is 7.66. The van der Waals surface area contributed by atoms with Crippen molar-refractivity contribution in [1.29, 1.82) is 0 Å². The molecule has 0 aliphatic rings. The van der Waals surface area contributed by atoms with E-state index in [0.717, 1.165) is 11.8 Å². The molecule has 0 bridgehead atoms. The van der Waals surface area contributed by atoms with Crippen LogP contribution in [0.1, 0.15) is 59.4 Å². The molecule has 1 heterocycles. The van der Waals surface area contributed by atoms with Crippen molar-refractivity contribution in [3.8, 4) is 5.75 Å².